The monoisotopic (exact) mass is 422 g/mol. The number of aliphatic hydroxyl groups is 1. The zero-order valence-electron chi connectivity index (χ0n) is 18.4. The van der Waals surface area contributed by atoms with Crippen LogP contribution in [0.4, 0.5) is 0 Å². The molecule has 2 N–H and O–H groups in total. The van der Waals surface area contributed by atoms with Gasteiger partial charge in [-0.05, 0) is 50.9 Å². The predicted octanol–water partition coefficient (Wildman–Crippen LogP) is 1.91. The lowest BCUT2D eigenvalue weighted by molar-refractivity contribution is -0.136. The van der Waals surface area contributed by atoms with Crippen molar-refractivity contribution >= 4 is 18.1 Å². The van der Waals surface area contributed by atoms with Crippen molar-refractivity contribution in [1.29, 1.82) is 0 Å². The fraction of sp³-hybridized carbons (Fsp3) is 0.870. The molecule has 0 aromatic carbocycles. The molecule has 2 saturated carbocycles. The molecule has 1 saturated heterocycles. The fourth-order valence-electron chi connectivity index (χ4n) is 5.17. The van der Waals surface area contributed by atoms with Gasteiger partial charge in [0, 0.05) is 37.9 Å². The van der Waals surface area contributed by atoms with Crippen LogP contribution in [0.15, 0.2) is 0 Å². The van der Waals surface area contributed by atoms with Gasteiger partial charge in [0.2, 0.25) is 11.8 Å². The third-order valence-corrected chi connectivity index (χ3v) is 7.26. The Kier molecular flexibility index (Phi) is 8.28. The van der Waals surface area contributed by atoms with Gasteiger partial charge in [-0.1, -0.05) is 19.8 Å². The molecule has 2 amide bonds. The van der Waals surface area contributed by atoms with Gasteiger partial charge in [-0.25, -0.2) is 0 Å². The number of hydrogen-bond donors (Lipinski definition) is 2. The molecule has 0 radical (unpaired) electrons. The van der Waals surface area contributed by atoms with Gasteiger partial charge in [0.05, 0.1) is 18.3 Å². The van der Waals surface area contributed by atoms with Crippen LogP contribution in [0, 0.1) is 23.7 Å². The van der Waals surface area contributed by atoms with E-state index in [1.807, 2.05) is 11.9 Å². The lowest BCUT2D eigenvalue weighted by Crippen LogP contribution is -2.40. The number of amides is 2. The van der Waals surface area contributed by atoms with Crippen molar-refractivity contribution in [2.24, 2.45) is 23.7 Å². The Morgan fingerprint density at radius 1 is 1.07 bits per heavy atom. The quantitative estimate of drug-likeness (QED) is 0.318. The summed E-state index contributed by atoms with van der Waals surface area (Å²) in [4.78, 5) is 38.1. The molecule has 0 aromatic heterocycles. The zero-order chi connectivity index (χ0) is 21.7. The van der Waals surface area contributed by atoms with E-state index in [0.29, 0.717) is 43.9 Å². The number of aliphatic hydroxyl groups excluding tert-OH is 1. The first-order valence-electron chi connectivity index (χ1n) is 11.7. The number of nitrogens with one attached hydrogen (secondary N) is 1. The second-order valence-corrected chi connectivity index (χ2v) is 9.61. The summed E-state index contributed by atoms with van der Waals surface area (Å²) >= 11 is 0. The van der Waals surface area contributed by atoms with Crippen molar-refractivity contribution in [2.75, 3.05) is 20.1 Å². The summed E-state index contributed by atoms with van der Waals surface area (Å²) in [6, 6.07) is 0. The molecular weight excluding hydrogens is 384 g/mol. The molecule has 1 aliphatic heterocycles. The molecule has 7 nitrogen and oxygen atoms in total. The second kappa shape index (κ2) is 10.7. The zero-order valence-corrected chi connectivity index (χ0v) is 18.4. The molecule has 170 valence electrons. The van der Waals surface area contributed by atoms with Gasteiger partial charge in [-0.2, -0.15) is 0 Å². The van der Waals surface area contributed by atoms with Gasteiger partial charge < -0.3 is 24.9 Å². The molecule has 1 heterocycles. The number of rotatable bonds is 10. The van der Waals surface area contributed by atoms with Crippen LogP contribution in [0.3, 0.4) is 0 Å². The summed E-state index contributed by atoms with van der Waals surface area (Å²) in [5, 5.41) is 12.6. The van der Waals surface area contributed by atoms with E-state index < -0.39 is 6.10 Å². The standard InChI is InChI=1S/C23H38N2O5/c1-15-11-20-21(30-20)13-19(15)23(29)25(2)10-6-4-3-5-9-24-22(28)18-8-7-17(27)12-16(18)14-26/h14-21,27H,3-13H2,1-2H3,(H,24,28). The van der Waals surface area contributed by atoms with E-state index in [9.17, 15) is 19.5 Å². The Morgan fingerprint density at radius 3 is 2.57 bits per heavy atom. The van der Waals surface area contributed by atoms with Crippen LogP contribution in [-0.2, 0) is 19.1 Å². The van der Waals surface area contributed by atoms with Crippen LogP contribution in [0.25, 0.3) is 0 Å². The molecule has 0 spiro atoms. The van der Waals surface area contributed by atoms with Crippen LogP contribution in [-0.4, -0.2) is 66.6 Å². The normalized spacial score (nSPS) is 35.2. The molecule has 0 aromatic rings. The third-order valence-electron chi connectivity index (χ3n) is 7.26. The molecule has 7 unspecified atom stereocenters. The summed E-state index contributed by atoms with van der Waals surface area (Å²) in [6.45, 7) is 3.55. The van der Waals surface area contributed by atoms with Crippen molar-refractivity contribution in [3.8, 4) is 0 Å². The predicted molar refractivity (Wildman–Crippen MR) is 113 cm³/mol. The molecule has 3 aliphatic rings. The SMILES string of the molecule is CC1CC2OC2CC1C(=O)N(C)CCCCCCNC(=O)C1CCC(O)CC1C=O. The van der Waals surface area contributed by atoms with Crippen molar-refractivity contribution in [2.45, 2.75) is 83.0 Å². The number of epoxide rings is 1. The Morgan fingerprint density at radius 2 is 1.80 bits per heavy atom. The maximum Gasteiger partial charge on any atom is 0.225 e. The van der Waals surface area contributed by atoms with Gasteiger partial charge in [0.1, 0.15) is 6.29 Å². The van der Waals surface area contributed by atoms with E-state index in [4.69, 9.17) is 4.74 Å². The number of carbonyl (C=O) groups is 3. The number of ether oxygens (including phenoxy) is 1. The molecule has 7 atom stereocenters. The number of hydrogen-bond acceptors (Lipinski definition) is 5. The van der Waals surface area contributed by atoms with E-state index in [0.717, 1.165) is 51.4 Å². The average Bonchev–Trinajstić information content (AvgIpc) is 3.49. The van der Waals surface area contributed by atoms with Gasteiger partial charge in [0.25, 0.3) is 0 Å². The highest BCUT2D eigenvalue weighted by Crippen LogP contribution is 2.43. The molecule has 2 aliphatic carbocycles. The van der Waals surface area contributed by atoms with E-state index in [1.165, 1.54) is 0 Å². The summed E-state index contributed by atoms with van der Waals surface area (Å²) < 4.78 is 5.59. The number of aldehydes is 1. The van der Waals surface area contributed by atoms with Crippen molar-refractivity contribution in [1.82, 2.24) is 10.2 Å². The highest BCUT2D eigenvalue weighted by molar-refractivity contribution is 5.82. The first-order valence-corrected chi connectivity index (χ1v) is 11.7. The molecule has 3 fully saturated rings. The minimum Gasteiger partial charge on any atom is -0.393 e. The summed E-state index contributed by atoms with van der Waals surface area (Å²) in [7, 11) is 1.90. The number of fused-ring (bicyclic) bond motifs is 1. The second-order valence-electron chi connectivity index (χ2n) is 9.61. The highest BCUT2D eigenvalue weighted by atomic mass is 16.6. The van der Waals surface area contributed by atoms with Crippen LogP contribution >= 0.6 is 0 Å². The van der Waals surface area contributed by atoms with E-state index in [-0.39, 0.29) is 29.6 Å². The van der Waals surface area contributed by atoms with E-state index in [2.05, 4.69) is 12.2 Å². The molecule has 3 rings (SSSR count). The number of nitrogens with zero attached hydrogens (tertiary/aromatic N) is 1. The first kappa shape index (κ1) is 23.2. The number of carbonyl (C=O) groups excluding carboxylic acids is 3. The Balaban J connectivity index is 1.24. The Bertz CT molecular complexity index is 612. The molecule has 7 heteroatoms. The maximum atomic E-state index is 12.7. The average molecular weight is 423 g/mol. The van der Waals surface area contributed by atoms with Crippen LogP contribution < -0.4 is 5.32 Å². The Hall–Kier alpha value is -1.47. The van der Waals surface area contributed by atoms with Crippen molar-refractivity contribution < 1.29 is 24.2 Å². The maximum absolute atomic E-state index is 12.7. The van der Waals surface area contributed by atoms with Gasteiger partial charge in [-0.3, -0.25) is 9.59 Å². The molecule has 0 bridgehead atoms. The molecule has 30 heavy (non-hydrogen) atoms. The highest BCUT2D eigenvalue weighted by Gasteiger charge is 2.49. The lowest BCUT2D eigenvalue weighted by Gasteiger charge is -2.29. The lowest BCUT2D eigenvalue weighted by atomic mass is 9.78. The van der Waals surface area contributed by atoms with Crippen LogP contribution in [0.1, 0.15) is 64.7 Å². The topological polar surface area (TPSA) is 99.2 Å². The summed E-state index contributed by atoms with van der Waals surface area (Å²) in [5.41, 5.74) is 0. The van der Waals surface area contributed by atoms with Crippen molar-refractivity contribution in [3.63, 3.8) is 0 Å². The Labute approximate surface area is 179 Å². The van der Waals surface area contributed by atoms with Crippen molar-refractivity contribution in [3.05, 3.63) is 0 Å². The van der Waals surface area contributed by atoms with Gasteiger partial charge in [0.15, 0.2) is 0 Å². The van der Waals surface area contributed by atoms with E-state index in [1.54, 1.807) is 0 Å². The first-order chi connectivity index (χ1) is 14.4. The largest absolute Gasteiger partial charge is 0.393 e. The molecular formula is C23H38N2O5. The van der Waals surface area contributed by atoms with Crippen LogP contribution in [0.2, 0.25) is 0 Å². The summed E-state index contributed by atoms with van der Waals surface area (Å²) in [5.74, 6) is 0.0255. The van der Waals surface area contributed by atoms with E-state index >= 15 is 0 Å². The minimum absolute atomic E-state index is 0.0622. The smallest absolute Gasteiger partial charge is 0.225 e. The summed E-state index contributed by atoms with van der Waals surface area (Å²) in [6.07, 6.45) is 8.39. The van der Waals surface area contributed by atoms with Crippen LogP contribution in [0.5, 0.6) is 0 Å². The van der Waals surface area contributed by atoms with Gasteiger partial charge >= 0.3 is 0 Å². The third kappa shape index (κ3) is 6.03. The fourth-order valence-corrected chi connectivity index (χ4v) is 5.17. The number of unbranched alkanes of at least 4 members (excludes halogenated alkanes) is 3. The minimum atomic E-state index is -0.463. The van der Waals surface area contributed by atoms with Gasteiger partial charge in [-0.15, -0.1) is 0 Å².